The van der Waals surface area contributed by atoms with Crippen LogP contribution in [0.4, 0.5) is 4.79 Å². The van der Waals surface area contributed by atoms with Crippen LogP contribution in [0.15, 0.2) is 0 Å². The van der Waals surface area contributed by atoms with E-state index in [1.54, 1.807) is 0 Å². The molecule has 0 heterocycles. The van der Waals surface area contributed by atoms with Crippen molar-refractivity contribution in [1.82, 2.24) is 9.74 Å². The molecular formula is C3H7ClN2O3. The van der Waals surface area contributed by atoms with Crippen LogP contribution in [0.3, 0.4) is 0 Å². The number of halogens is 1. The summed E-state index contributed by atoms with van der Waals surface area (Å²) >= 11 is 5.05. The van der Waals surface area contributed by atoms with E-state index in [4.69, 9.17) is 22.0 Å². The zero-order valence-electron chi connectivity index (χ0n) is 4.54. The summed E-state index contributed by atoms with van der Waals surface area (Å²) in [5, 5.41) is 18.2. The second kappa shape index (κ2) is 4.37. The van der Waals surface area contributed by atoms with Crippen LogP contribution >= 0.6 is 11.8 Å². The fourth-order valence-electron chi connectivity index (χ4n) is 0.218. The Labute approximate surface area is 56.9 Å². The molecule has 6 heteroatoms. The van der Waals surface area contributed by atoms with Crippen LogP contribution < -0.4 is 5.32 Å². The number of urea groups is 1. The second-order valence-corrected chi connectivity index (χ2v) is 1.55. The molecule has 0 saturated heterocycles. The van der Waals surface area contributed by atoms with Crippen LogP contribution in [0.5, 0.6) is 0 Å². The van der Waals surface area contributed by atoms with Gasteiger partial charge >= 0.3 is 6.03 Å². The Bertz CT molecular complexity index is 99.1. The molecule has 0 bridgehead atoms. The fraction of sp³-hybridized carbons (Fsp3) is 0.667. The van der Waals surface area contributed by atoms with Crippen LogP contribution in [0.2, 0.25) is 0 Å². The molecule has 0 aromatic carbocycles. The first-order valence-electron chi connectivity index (χ1n) is 2.15. The highest BCUT2D eigenvalue weighted by Crippen LogP contribution is 1.89. The summed E-state index contributed by atoms with van der Waals surface area (Å²) in [5.74, 6) is 0. The zero-order valence-corrected chi connectivity index (χ0v) is 5.30. The Morgan fingerprint density at radius 2 is 2.22 bits per heavy atom. The van der Waals surface area contributed by atoms with Gasteiger partial charge in [-0.15, -0.1) is 0 Å². The monoisotopic (exact) mass is 154 g/mol. The SMILES string of the molecule is O=C(NCO)N(Cl)CO. The molecule has 0 saturated carbocycles. The molecule has 0 rings (SSSR count). The molecular weight excluding hydrogens is 147 g/mol. The lowest BCUT2D eigenvalue weighted by Crippen LogP contribution is -2.34. The molecule has 5 nitrogen and oxygen atoms in total. The minimum atomic E-state index is -0.735. The van der Waals surface area contributed by atoms with Crippen LogP contribution in [0.25, 0.3) is 0 Å². The fourth-order valence-corrected chi connectivity index (χ4v) is 0.277. The summed E-state index contributed by atoms with van der Waals surface area (Å²) in [4.78, 5) is 10.3. The van der Waals surface area contributed by atoms with Gasteiger partial charge in [0.15, 0.2) is 0 Å². The van der Waals surface area contributed by atoms with Crippen molar-refractivity contribution in [2.24, 2.45) is 0 Å². The number of nitrogens with one attached hydrogen (secondary N) is 1. The number of aliphatic hydroxyl groups is 2. The van der Waals surface area contributed by atoms with Gasteiger partial charge in [-0.3, -0.25) is 0 Å². The van der Waals surface area contributed by atoms with Gasteiger partial charge in [-0.1, -0.05) is 0 Å². The van der Waals surface area contributed by atoms with Crippen molar-refractivity contribution in [3.05, 3.63) is 0 Å². The molecule has 0 spiro atoms. The highest BCUT2D eigenvalue weighted by Gasteiger charge is 2.05. The first kappa shape index (κ1) is 8.48. The van der Waals surface area contributed by atoms with Crippen molar-refractivity contribution in [2.45, 2.75) is 0 Å². The lowest BCUT2D eigenvalue weighted by molar-refractivity contribution is 0.163. The van der Waals surface area contributed by atoms with Crippen molar-refractivity contribution in [2.75, 3.05) is 13.5 Å². The number of rotatable bonds is 2. The molecule has 0 aromatic heterocycles. The lowest BCUT2D eigenvalue weighted by Gasteiger charge is -2.08. The maximum Gasteiger partial charge on any atom is 0.335 e. The minimum absolute atomic E-state index is 0.496. The molecule has 2 amide bonds. The average molecular weight is 155 g/mol. The third kappa shape index (κ3) is 3.12. The number of aliphatic hydroxyl groups excluding tert-OH is 2. The standard InChI is InChI=1S/C3H7ClN2O3/c4-6(2-8)3(9)5-1-7/h7-8H,1-2H2,(H,5,9). The van der Waals surface area contributed by atoms with E-state index in [9.17, 15) is 4.79 Å². The molecule has 3 N–H and O–H groups in total. The van der Waals surface area contributed by atoms with E-state index in [1.807, 2.05) is 5.32 Å². The summed E-state index contributed by atoms with van der Waals surface area (Å²) in [6.45, 7) is -1.09. The minimum Gasteiger partial charge on any atom is -0.376 e. The molecule has 0 aliphatic rings. The Kier molecular flexibility index (Phi) is 4.12. The first-order chi connectivity index (χ1) is 4.22. The summed E-state index contributed by atoms with van der Waals surface area (Å²) < 4.78 is 0.496. The van der Waals surface area contributed by atoms with E-state index in [0.717, 1.165) is 0 Å². The average Bonchev–Trinajstić information content (AvgIpc) is 1.87. The third-order valence-corrected chi connectivity index (χ3v) is 0.835. The molecule has 54 valence electrons. The van der Waals surface area contributed by atoms with Crippen LogP contribution in [-0.4, -0.2) is 34.1 Å². The van der Waals surface area contributed by atoms with E-state index < -0.39 is 19.5 Å². The number of nitrogens with zero attached hydrogens (tertiary/aromatic N) is 1. The number of amides is 2. The molecule has 0 aromatic rings. The molecule has 9 heavy (non-hydrogen) atoms. The Hall–Kier alpha value is -0.520. The Morgan fingerprint density at radius 3 is 2.56 bits per heavy atom. The predicted octanol–water partition coefficient (Wildman–Crippen LogP) is -0.949. The van der Waals surface area contributed by atoms with Crippen LogP contribution in [0.1, 0.15) is 0 Å². The Morgan fingerprint density at radius 1 is 1.67 bits per heavy atom. The highest BCUT2D eigenvalue weighted by atomic mass is 35.5. The highest BCUT2D eigenvalue weighted by molar-refractivity contribution is 6.20. The molecule has 0 aliphatic carbocycles. The van der Waals surface area contributed by atoms with Gasteiger partial charge in [0.2, 0.25) is 0 Å². The molecule has 0 aliphatic heterocycles. The van der Waals surface area contributed by atoms with E-state index in [2.05, 4.69) is 0 Å². The molecule has 0 unspecified atom stereocenters. The van der Waals surface area contributed by atoms with Gasteiger partial charge in [0.05, 0.1) is 0 Å². The number of hydrogen-bond donors (Lipinski definition) is 3. The van der Waals surface area contributed by atoms with Crippen LogP contribution in [0, 0.1) is 0 Å². The van der Waals surface area contributed by atoms with Gasteiger partial charge < -0.3 is 15.5 Å². The maximum atomic E-state index is 10.3. The summed E-state index contributed by atoms with van der Waals surface area (Å²) in [7, 11) is 0. The van der Waals surface area contributed by atoms with Crippen LogP contribution in [-0.2, 0) is 0 Å². The van der Waals surface area contributed by atoms with Gasteiger partial charge in [0, 0.05) is 11.8 Å². The van der Waals surface area contributed by atoms with Gasteiger partial charge in [0.25, 0.3) is 0 Å². The quantitative estimate of drug-likeness (QED) is 0.355. The zero-order chi connectivity index (χ0) is 7.28. The summed E-state index contributed by atoms with van der Waals surface area (Å²) in [6.07, 6.45) is 0. The maximum absolute atomic E-state index is 10.3. The number of hydrogen-bond acceptors (Lipinski definition) is 3. The lowest BCUT2D eigenvalue weighted by atomic mass is 10.9. The smallest absolute Gasteiger partial charge is 0.335 e. The molecule has 0 radical (unpaired) electrons. The summed E-state index contributed by atoms with van der Waals surface area (Å²) in [6, 6.07) is -0.735. The van der Waals surface area contributed by atoms with Crippen molar-refractivity contribution >= 4 is 17.8 Å². The predicted molar refractivity (Wildman–Crippen MR) is 30.4 cm³/mol. The number of carbonyl (C=O) groups is 1. The Balaban J connectivity index is 3.46. The summed E-state index contributed by atoms with van der Waals surface area (Å²) in [5.41, 5.74) is 0. The topological polar surface area (TPSA) is 72.8 Å². The van der Waals surface area contributed by atoms with E-state index in [0.29, 0.717) is 4.42 Å². The van der Waals surface area contributed by atoms with Crippen molar-refractivity contribution < 1.29 is 15.0 Å². The van der Waals surface area contributed by atoms with Crippen molar-refractivity contribution in [3.8, 4) is 0 Å². The third-order valence-electron chi connectivity index (χ3n) is 0.575. The molecule has 0 atom stereocenters. The molecule has 0 fully saturated rings. The van der Waals surface area contributed by atoms with Gasteiger partial charge in [-0.05, 0) is 0 Å². The largest absolute Gasteiger partial charge is 0.376 e. The van der Waals surface area contributed by atoms with E-state index in [-0.39, 0.29) is 0 Å². The van der Waals surface area contributed by atoms with Crippen molar-refractivity contribution in [3.63, 3.8) is 0 Å². The van der Waals surface area contributed by atoms with E-state index >= 15 is 0 Å². The van der Waals surface area contributed by atoms with Gasteiger partial charge in [0.1, 0.15) is 13.5 Å². The number of carbonyl (C=O) groups excluding carboxylic acids is 1. The van der Waals surface area contributed by atoms with E-state index in [1.165, 1.54) is 0 Å². The van der Waals surface area contributed by atoms with Gasteiger partial charge in [-0.2, -0.15) is 0 Å². The first-order valence-corrected chi connectivity index (χ1v) is 2.49. The normalized spacial score (nSPS) is 8.78. The van der Waals surface area contributed by atoms with Gasteiger partial charge in [-0.25, -0.2) is 9.21 Å². The second-order valence-electron chi connectivity index (χ2n) is 1.14. The van der Waals surface area contributed by atoms with Crippen molar-refractivity contribution in [1.29, 1.82) is 0 Å².